The minimum atomic E-state index is -0.644. The van der Waals surface area contributed by atoms with E-state index in [2.05, 4.69) is 4.74 Å². The summed E-state index contributed by atoms with van der Waals surface area (Å²) in [5, 5.41) is 0.330. The normalized spacial score (nSPS) is 14.4. The van der Waals surface area contributed by atoms with Crippen LogP contribution in [0, 0.1) is 0 Å². The Morgan fingerprint density at radius 3 is 2.71 bits per heavy atom. The number of esters is 1. The Hall–Kier alpha value is -2.14. The van der Waals surface area contributed by atoms with E-state index in [9.17, 15) is 14.4 Å². The number of carbonyl (C=O) groups excluding carboxylic acids is 3. The number of rotatable bonds is 4. The van der Waals surface area contributed by atoms with Crippen LogP contribution >= 0.6 is 11.6 Å². The number of para-hydroxylation sites is 1. The van der Waals surface area contributed by atoms with Crippen LogP contribution in [0.5, 0.6) is 0 Å². The Morgan fingerprint density at radius 1 is 1.38 bits per heavy atom. The van der Waals surface area contributed by atoms with E-state index in [0.717, 1.165) is 0 Å². The van der Waals surface area contributed by atoms with Crippen LogP contribution in [0.4, 0.5) is 5.69 Å². The maximum atomic E-state index is 12.0. The van der Waals surface area contributed by atoms with Crippen molar-refractivity contribution in [2.24, 2.45) is 0 Å². The van der Waals surface area contributed by atoms with Gasteiger partial charge in [-0.25, -0.2) is 4.79 Å². The van der Waals surface area contributed by atoms with Gasteiger partial charge >= 0.3 is 5.97 Å². The van der Waals surface area contributed by atoms with Crippen LogP contribution in [-0.4, -0.2) is 31.3 Å². The van der Waals surface area contributed by atoms with Gasteiger partial charge in [0.2, 0.25) is 0 Å². The van der Waals surface area contributed by atoms with Crippen LogP contribution in [-0.2, 0) is 14.3 Å². The molecule has 6 heteroatoms. The maximum Gasteiger partial charge on any atom is 0.333 e. The first-order valence-electron chi connectivity index (χ1n) is 6.43. The van der Waals surface area contributed by atoms with E-state index in [4.69, 9.17) is 11.6 Å². The van der Waals surface area contributed by atoms with E-state index in [1.165, 1.54) is 12.0 Å². The van der Waals surface area contributed by atoms with Crippen molar-refractivity contribution in [3.05, 3.63) is 40.4 Å². The zero-order chi connectivity index (χ0) is 15.6. The minimum Gasteiger partial charge on any atom is -0.466 e. The Kier molecular flexibility index (Phi) is 4.43. The molecule has 0 unspecified atom stereocenters. The number of ether oxygens (including phenoxy) is 1. The molecule has 0 spiro atoms. The summed E-state index contributed by atoms with van der Waals surface area (Å²) in [5.41, 5.74) is 1.13. The number of carbonyl (C=O) groups is 3. The first kappa shape index (κ1) is 15.3. The number of halogens is 1. The molecule has 0 saturated heterocycles. The summed E-state index contributed by atoms with van der Waals surface area (Å²) in [6.07, 6.45) is 2.05. The Bertz CT molecular complexity index is 651. The molecule has 1 aromatic carbocycles. The highest BCUT2D eigenvalue weighted by molar-refractivity contribution is 6.54. The highest BCUT2D eigenvalue weighted by atomic mass is 35.5. The Balaban J connectivity index is 2.34. The zero-order valence-electron chi connectivity index (χ0n) is 11.7. The van der Waals surface area contributed by atoms with Gasteiger partial charge in [0, 0.05) is 12.1 Å². The highest BCUT2D eigenvalue weighted by Crippen LogP contribution is 2.35. The van der Waals surface area contributed by atoms with Crippen molar-refractivity contribution in [2.75, 3.05) is 18.6 Å². The van der Waals surface area contributed by atoms with Crippen LogP contribution in [0.25, 0.3) is 0 Å². The number of nitrogens with zero attached hydrogens (tertiary/aromatic N) is 1. The second-order valence-electron chi connectivity index (χ2n) is 4.46. The van der Waals surface area contributed by atoms with Gasteiger partial charge in [-0.3, -0.25) is 14.5 Å². The standard InChI is InChI=1S/C15H14ClNO4/c1-3-9(15(20)21-2)7-8-17-12-10(13(18)14(17)19)5-4-6-11(12)16/h4-7H,3,8H2,1-2H3. The van der Waals surface area contributed by atoms with Crippen molar-refractivity contribution < 1.29 is 19.1 Å². The second kappa shape index (κ2) is 6.10. The van der Waals surface area contributed by atoms with E-state index in [-0.39, 0.29) is 12.1 Å². The second-order valence-corrected chi connectivity index (χ2v) is 4.86. The van der Waals surface area contributed by atoms with Gasteiger partial charge in [0.1, 0.15) is 0 Å². The lowest BCUT2D eigenvalue weighted by Crippen LogP contribution is -2.30. The third-order valence-electron chi connectivity index (χ3n) is 3.29. The number of ketones is 1. The summed E-state index contributed by atoms with van der Waals surface area (Å²) in [6.45, 7) is 1.90. The Morgan fingerprint density at radius 2 is 2.10 bits per heavy atom. The smallest absolute Gasteiger partial charge is 0.333 e. The van der Waals surface area contributed by atoms with Gasteiger partial charge in [-0.2, -0.15) is 0 Å². The summed E-state index contributed by atoms with van der Waals surface area (Å²) in [4.78, 5) is 36.7. The maximum absolute atomic E-state index is 12.0. The molecule has 0 N–H and O–H groups in total. The summed E-state index contributed by atoms with van der Waals surface area (Å²) >= 11 is 6.08. The lowest BCUT2D eigenvalue weighted by molar-refractivity contribution is -0.136. The molecular formula is C15H14ClNO4. The number of hydrogen-bond acceptors (Lipinski definition) is 4. The van der Waals surface area contributed by atoms with Crippen LogP contribution < -0.4 is 4.90 Å². The fourth-order valence-corrected chi connectivity index (χ4v) is 2.47. The lowest BCUT2D eigenvalue weighted by atomic mass is 10.1. The molecule has 0 fully saturated rings. The summed E-state index contributed by atoms with van der Waals surface area (Å²) in [6, 6.07) is 4.80. The van der Waals surface area contributed by atoms with Crippen LogP contribution in [0.2, 0.25) is 5.02 Å². The van der Waals surface area contributed by atoms with Crippen LogP contribution in [0.3, 0.4) is 0 Å². The molecule has 0 atom stereocenters. The van der Waals surface area contributed by atoms with Crippen molar-refractivity contribution in [1.82, 2.24) is 0 Å². The molecule has 1 aliphatic rings. The molecule has 2 rings (SSSR count). The molecule has 0 aliphatic carbocycles. The number of benzene rings is 1. The van der Waals surface area contributed by atoms with E-state index < -0.39 is 17.7 Å². The molecule has 0 saturated carbocycles. The molecule has 5 nitrogen and oxygen atoms in total. The number of amides is 1. The molecule has 1 amide bonds. The average Bonchev–Trinajstić information content (AvgIpc) is 2.73. The molecule has 21 heavy (non-hydrogen) atoms. The van der Waals surface area contributed by atoms with Gasteiger partial charge in [0.15, 0.2) is 0 Å². The lowest BCUT2D eigenvalue weighted by Gasteiger charge is -2.16. The van der Waals surface area contributed by atoms with Gasteiger partial charge in [0.05, 0.1) is 23.4 Å². The molecule has 0 bridgehead atoms. The zero-order valence-corrected chi connectivity index (χ0v) is 12.4. The van der Waals surface area contributed by atoms with Crippen LogP contribution in [0.15, 0.2) is 29.8 Å². The van der Waals surface area contributed by atoms with Crippen molar-refractivity contribution in [3.63, 3.8) is 0 Å². The van der Waals surface area contributed by atoms with Crippen molar-refractivity contribution in [2.45, 2.75) is 13.3 Å². The van der Waals surface area contributed by atoms with Crippen molar-refractivity contribution >= 4 is 34.9 Å². The van der Waals surface area contributed by atoms with Crippen LogP contribution in [0.1, 0.15) is 23.7 Å². The van der Waals surface area contributed by atoms with E-state index >= 15 is 0 Å². The fraction of sp³-hybridized carbons (Fsp3) is 0.267. The number of Topliss-reactive ketones (excluding diaryl/α,β-unsaturated/α-hetero) is 1. The first-order valence-corrected chi connectivity index (χ1v) is 6.81. The monoisotopic (exact) mass is 307 g/mol. The summed E-state index contributed by atoms with van der Waals surface area (Å²) in [5.74, 6) is -1.68. The minimum absolute atomic E-state index is 0.0968. The first-order chi connectivity index (χ1) is 10.0. The average molecular weight is 308 g/mol. The fourth-order valence-electron chi connectivity index (χ4n) is 2.19. The Labute approximate surface area is 127 Å². The molecule has 110 valence electrons. The van der Waals surface area contributed by atoms with Crippen molar-refractivity contribution in [3.8, 4) is 0 Å². The van der Waals surface area contributed by atoms with Gasteiger partial charge in [-0.05, 0) is 18.6 Å². The number of fused-ring (bicyclic) bond motifs is 1. The van der Waals surface area contributed by atoms with Crippen molar-refractivity contribution in [1.29, 1.82) is 0 Å². The molecule has 1 aliphatic heterocycles. The van der Waals surface area contributed by atoms with Gasteiger partial charge in [-0.15, -0.1) is 0 Å². The van der Waals surface area contributed by atoms with Gasteiger partial charge in [0.25, 0.3) is 11.7 Å². The van der Waals surface area contributed by atoms with Gasteiger partial charge < -0.3 is 4.74 Å². The molecule has 0 radical (unpaired) electrons. The summed E-state index contributed by atoms with van der Waals surface area (Å²) in [7, 11) is 1.29. The molecule has 1 heterocycles. The van der Waals surface area contributed by atoms with E-state index in [1.807, 2.05) is 0 Å². The largest absolute Gasteiger partial charge is 0.466 e. The molecule has 0 aromatic heterocycles. The number of anilines is 1. The van der Waals surface area contributed by atoms with Gasteiger partial charge in [-0.1, -0.05) is 30.7 Å². The highest BCUT2D eigenvalue weighted by Gasteiger charge is 2.36. The predicted molar refractivity (Wildman–Crippen MR) is 78.5 cm³/mol. The topological polar surface area (TPSA) is 63.7 Å². The third kappa shape index (κ3) is 2.69. The molecule has 1 aromatic rings. The van der Waals surface area contributed by atoms with E-state index in [1.54, 1.807) is 31.2 Å². The number of methoxy groups -OCH3 is 1. The number of hydrogen-bond donors (Lipinski definition) is 0. The SMILES string of the molecule is CCC(=CCN1C(=O)C(=O)c2cccc(Cl)c21)C(=O)OC. The predicted octanol–water partition coefficient (Wildman–Crippen LogP) is 2.38. The quantitative estimate of drug-likeness (QED) is 0.487. The molecular weight excluding hydrogens is 294 g/mol. The third-order valence-corrected chi connectivity index (χ3v) is 3.59. The summed E-state index contributed by atoms with van der Waals surface area (Å²) < 4.78 is 4.66. The van der Waals surface area contributed by atoms with E-state index in [0.29, 0.717) is 22.7 Å².